The van der Waals surface area contributed by atoms with Crippen LogP contribution in [-0.4, -0.2) is 23.9 Å². The van der Waals surface area contributed by atoms with Crippen molar-refractivity contribution in [3.63, 3.8) is 0 Å². The van der Waals surface area contributed by atoms with Gasteiger partial charge in [0, 0.05) is 11.8 Å². The second-order valence-electron chi connectivity index (χ2n) is 10.3. The van der Waals surface area contributed by atoms with Crippen molar-refractivity contribution in [3.8, 4) is 0 Å². The monoisotopic (exact) mass is 472 g/mol. The summed E-state index contributed by atoms with van der Waals surface area (Å²) in [6.45, 7) is 10.0. The van der Waals surface area contributed by atoms with Gasteiger partial charge in [-0.05, 0) is 85.8 Å². The van der Waals surface area contributed by atoms with Crippen molar-refractivity contribution in [1.29, 1.82) is 5.41 Å². The number of hydrogen-bond donors (Lipinski definition) is 2. The fraction of sp³-hybridized carbons (Fsp3) is 0.483. The first kappa shape index (κ1) is 26.4. The van der Waals surface area contributed by atoms with Crippen molar-refractivity contribution in [2.24, 2.45) is 21.6 Å². The Bertz CT molecular complexity index is 1110. The van der Waals surface area contributed by atoms with Crippen LogP contribution < -0.4 is 5.73 Å². The highest BCUT2D eigenvalue weighted by Gasteiger charge is 2.43. The van der Waals surface area contributed by atoms with Gasteiger partial charge in [-0.1, -0.05) is 50.2 Å². The van der Waals surface area contributed by atoms with Crippen LogP contribution >= 0.6 is 0 Å². The maximum absolute atomic E-state index is 10.9. The molecule has 0 fully saturated rings. The molecule has 2 aromatic rings. The van der Waals surface area contributed by atoms with Crippen LogP contribution in [0.1, 0.15) is 92.9 Å². The fourth-order valence-electron chi connectivity index (χ4n) is 5.45. The Morgan fingerprint density at radius 1 is 0.914 bits per heavy atom. The van der Waals surface area contributed by atoms with Gasteiger partial charge in [-0.3, -0.25) is 0 Å². The van der Waals surface area contributed by atoms with Gasteiger partial charge in [-0.2, -0.15) is 9.98 Å². The molecular weight excluding hydrogens is 436 g/mol. The van der Waals surface area contributed by atoms with Crippen molar-refractivity contribution in [1.82, 2.24) is 0 Å². The van der Waals surface area contributed by atoms with Crippen molar-refractivity contribution in [3.05, 3.63) is 69.8 Å². The summed E-state index contributed by atoms with van der Waals surface area (Å²) in [7, 11) is 0. The van der Waals surface area contributed by atoms with Gasteiger partial charge in [0.25, 0.3) is 0 Å². The zero-order chi connectivity index (χ0) is 25.8. The third-order valence-electron chi connectivity index (χ3n) is 7.06. The highest BCUT2D eigenvalue weighted by atomic mass is 16.1. The lowest BCUT2D eigenvalue weighted by atomic mass is 9.64. The molecule has 6 heteroatoms. The number of isocyanates is 2. The van der Waals surface area contributed by atoms with Crippen LogP contribution in [0.3, 0.4) is 0 Å². The highest BCUT2D eigenvalue weighted by molar-refractivity contribution is 5.97. The molecule has 0 radical (unpaired) electrons. The molecule has 0 saturated carbocycles. The molecule has 0 saturated heterocycles. The Kier molecular flexibility index (Phi) is 8.34. The van der Waals surface area contributed by atoms with E-state index in [4.69, 9.17) is 5.73 Å². The number of nitrogens with two attached hydrogens (primary N) is 1. The quantitative estimate of drug-likeness (QED) is 0.362. The van der Waals surface area contributed by atoms with Crippen molar-refractivity contribution >= 4 is 17.9 Å². The summed E-state index contributed by atoms with van der Waals surface area (Å²) in [5, 5.41) is 9.43. The first-order valence-electron chi connectivity index (χ1n) is 12.4. The van der Waals surface area contributed by atoms with Gasteiger partial charge in [0.05, 0.1) is 17.5 Å². The molecular formula is C29H36N4O2. The van der Waals surface area contributed by atoms with E-state index in [2.05, 4.69) is 48.1 Å². The van der Waals surface area contributed by atoms with Gasteiger partial charge in [-0.15, -0.1) is 0 Å². The minimum absolute atomic E-state index is 0.127. The predicted molar refractivity (Wildman–Crippen MR) is 140 cm³/mol. The van der Waals surface area contributed by atoms with Crippen LogP contribution in [-0.2, 0) is 27.8 Å². The number of aryl methyl sites for hydroxylation is 2. The van der Waals surface area contributed by atoms with Crippen molar-refractivity contribution in [2.75, 3.05) is 0 Å². The summed E-state index contributed by atoms with van der Waals surface area (Å²) in [5.74, 6) is 0.324. The molecule has 1 aliphatic carbocycles. The predicted octanol–water partition coefficient (Wildman–Crippen LogP) is 5.67. The van der Waals surface area contributed by atoms with Crippen LogP contribution in [0.2, 0.25) is 0 Å². The van der Waals surface area contributed by atoms with Crippen molar-refractivity contribution < 1.29 is 9.59 Å². The lowest BCUT2D eigenvalue weighted by Crippen LogP contribution is -2.43. The Labute approximate surface area is 208 Å². The largest absolute Gasteiger partial charge is 0.328 e. The molecule has 0 spiro atoms. The van der Waals surface area contributed by atoms with Crippen LogP contribution in [0.4, 0.5) is 0 Å². The first-order chi connectivity index (χ1) is 16.6. The Morgan fingerprint density at radius 2 is 1.37 bits per heavy atom. The van der Waals surface area contributed by atoms with Gasteiger partial charge in [-0.25, -0.2) is 9.59 Å². The summed E-state index contributed by atoms with van der Waals surface area (Å²) in [4.78, 5) is 29.5. The van der Waals surface area contributed by atoms with Gasteiger partial charge in [0.2, 0.25) is 12.2 Å². The molecule has 3 N–H and O–H groups in total. The van der Waals surface area contributed by atoms with Gasteiger partial charge in [0.15, 0.2) is 0 Å². The number of nitrogens with zero attached hydrogens (tertiary/aromatic N) is 2. The molecule has 0 heterocycles. The second-order valence-corrected chi connectivity index (χ2v) is 10.3. The lowest BCUT2D eigenvalue weighted by molar-refractivity contribution is 0.518. The van der Waals surface area contributed by atoms with Gasteiger partial charge < -0.3 is 11.1 Å². The SMILES string of the molecule is CC(C)CC(=N)C1(C[C@H](C)N)c2ccc(C(C)N=C=O)cc2CCc2cc(C(C)N=C=O)ccc21. The summed E-state index contributed by atoms with van der Waals surface area (Å²) in [6.07, 6.45) is 6.19. The molecule has 35 heavy (non-hydrogen) atoms. The maximum atomic E-state index is 10.9. The molecule has 2 unspecified atom stereocenters. The second kappa shape index (κ2) is 11.0. The van der Waals surface area contributed by atoms with Crippen molar-refractivity contribution in [2.45, 2.75) is 83.8 Å². The van der Waals surface area contributed by atoms with Crippen LogP contribution in [0, 0.1) is 11.3 Å². The average molecular weight is 473 g/mol. The number of nitrogens with one attached hydrogen (secondary N) is 1. The number of carbonyl (C=O) groups excluding carboxylic acids is 2. The molecule has 0 aliphatic heterocycles. The Balaban J connectivity index is 2.33. The van der Waals surface area contributed by atoms with E-state index in [9.17, 15) is 15.0 Å². The normalized spacial score (nSPS) is 19.3. The number of benzene rings is 2. The van der Waals surface area contributed by atoms with E-state index in [1.165, 1.54) is 0 Å². The van der Waals surface area contributed by atoms with Crippen LogP contribution in [0.15, 0.2) is 46.4 Å². The molecule has 1 aliphatic rings. The standard InChI is InChI=1S/C29H36N4O2/c1-18(2)12-28(31)29(15-19(3)30)26-10-8-22(20(4)32-16-34)13-24(26)6-7-25-14-23(9-11-27(25)29)21(5)33-17-35/h8-11,13-14,18-21,31H,6-7,12,15,30H2,1-5H3/t19-,20?,21?,29?/m0/s1. The molecule has 0 bridgehead atoms. The van der Waals surface area contributed by atoms with E-state index >= 15 is 0 Å². The molecule has 184 valence electrons. The minimum atomic E-state index is -0.662. The number of aliphatic imine (C=N–C) groups is 2. The summed E-state index contributed by atoms with van der Waals surface area (Å²) >= 11 is 0. The van der Waals surface area contributed by atoms with E-state index in [1.807, 2.05) is 32.9 Å². The van der Waals surface area contributed by atoms with Crippen LogP contribution in [0.5, 0.6) is 0 Å². The summed E-state index contributed by atoms with van der Waals surface area (Å²) in [5.41, 5.74) is 12.9. The van der Waals surface area contributed by atoms with Gasteiger partial charge >= 0.3 is 0 Å². The van der Waals surface area contributed by atoms with E-state index in [-0.39, 0.29) is 18.1 Å². The summed E-state index contributed by atoms with van der Waals surface area (Å²) < 4.78 is 0. The third-order valence-corrected chi connectivity index (χ3v) is 7.06. The molecule has 6 nitrogen and oxygen atoms in total. The minimum Gasteiger partial charge on any atom is -0.328 e. The zero-order valence-corrected chi connectivity index (χ0v) is 21.4. The molecule has 0 aromatic heterocycles. The maximum Gasteiger partial charge on any atom is 0.235 e. The fourth-order valence-corrected chi connectivity index (χ4v) is 5.45. The van der Waals surface area contributed by atoms with E-state index < -0.39 is 5.41 Å². The third kappa shape index (κ3) is 5.41. The highest BCUT2D eigenvalue weighted by Crippen LogP contribution is 2.46. The lowest BCUT2D eigenvalue weighted by Gasteiger charge is -2.39. The first-order valence-corrected chi connectivity index (χ1v) is 12.4. The Hall–Kier alpha value is -3.17. The molecule has 2 aromatic carbocycles. The van der Waals surface area contributed by atoms with E-state index in [1.54, 1.807) is 12.2 Å². The molecule has 3 rings (SSSR count). The van der Waals surface area contributed by atoms with E-state index in [0.29, 0.717) is 24.5 Å². The molecule has 0 amide bonds. The summed E-state index contributed by atoms with van der Waals surface area (Å²) in [6, 6.07) is 11.8. The zero-order valence-electron chi connectivity index (χ0n) is 21.4. The average Bonchev–Trinajstić information content (AvgIpc) is 2.93. The van der Waals surface area contributed by atoms with Crippen LogP contribution in [0.25, 0.3) is 0 Å². The molecule has 3 atom stereocenters. The smallest absolute Gasteiger partial charge is 0.235 e. The number of hydrogen-bond acceptors (Lipinski definition) is 6. The Morgan fingerprint density at radius 3 is 1.74 bits per heavy atom. The number of rotatable bonds is 9. The van der Waals surface area contributed by atoms with Gasteiger partial charge in [0.1, 0.15) is 0 Å². The topological polar surface area (TPSA) is 109 Å². The number of fused-ring (bicyclic) bond motifs is 2. The van der Waals surface area contributed by atoms with E-state index in [0.717, 1.165) is 46.2 Å².